The second-order valence-corrected chi connectivity index (χ2v) is 1.93. The van der Waals surface area contributed by atoms with E-state index in [9.17, 15) is 0 Å². The van der Waals surface area contributed by atoms with Gasteiger partial charge in [0.15, 0.2) is 0 Å². The average molecular weight is 179 g/mol. The zero-order chi connectivity index (χ0) is 5.54. The van der Waals surface area contributed by atoms with E-state index < -0.39 is 0 Å². The number of hydrogen-bond donors (Lipinski definition) is 2. The van der Waals surface area contributed by atoms with Gasteiger partial charge in [0, 0.05) is 6.54 Å². The molecule has 0 bridgehead atoms. The zero-order valence-electron chi connectivity index (χ0n) is 6.00. The summed E-state index contributed by atoms with van der Waals surface area (Å²) in [5.41, 5.74) is 0. The van der Waals surface area contributed by atoms with Crippen molar-refractivity contribution >= 4 is 12.8 Å². The molecule has 0 heterocycles. The van der Waals surface area contributed by atoms with Gasteiger partial charge in [0.1, 0.15) is 0 Å². The molecule has 1 nitrogen and oxygen atoms in total. The molecule has 0 unspecified atom stereocenters. The number of rotatable bonds is 4. The molecule has 0 saturated heterocycles. The highest BCUT2D eigenvalue weighted by atomic mass is 32.1. The van der Waals surface area contributed by atoms with Gasteiger partial charge >= 0.3 is 0 Å². The molecular weight excluding hydrogens is 163 g/mol. The van der Waals surface area contributed by atoms with Crippen LogP contribution in [0.5, 0.6) is 0 Å². The number of nitrogens with one attached hydrogen (secondary N) is 1. The molecule has 0 amide bonds. The molecule has 5 heteroatoms. The van der Waals surface area contributed by atoms with Crippen LogP contribution in [0.1, 0.15) is 26.2 Å². The minimum atomic E-state index is 0. The average Bonchev–Trinajstić information content (AvgIpc) is 1.69. The summed E-state index contributed by atoms with van der Waals surface area (Å²) < 4.78 is 2.80. The van der Waals surface area contributed by atoms with Crippen LogP contribution >= 0.6 is 12.8 Å². The molecule has 68 valence electrons. The van der Waals surface area contributed by atoms with Crippen molar-refractivity contribution < 1.29 is 14.1 Å². The van der Waals surface area contributed by atoms with Gasteiger partial charge in [0.2, 0.25) is 0 Å². The Morgan fingerprint density at radius 1 is 1.10 bits per heavy atom. The van der Waals surface area contributed by atoms with Gasteiger partial charge in [0.25, 0.3) is 0 Å². The summed E-state index contributed by atoms with van der Waals surface area (Å²) in [6.45, 7) is 3.23. The SMILES string of the molecule is CCCCCNS.F.F.F. The summed E-state index contributed by atoms with van der Waals surface area (Å²) in [6, 6.07) is 0. The first-order valence-corrected chi connectivity index (χ1v) is 3.23. The smallest absolute Gasteiger partial charge is 0.00561 e. The molecule has 0 saturated carbocycles. The van der Waals surface area contributed by atoms with Gasteiger partial charge in [0.05, 0.1) is 0 Å². The van der Waals surface area contributed by atoms with E-state index in [2.05, 4.69) is 24.5 Å². The van der Waals surface area contributed by atoms with Crippen LogP contribution in [0.3, 0.4) is 0 Å². The standard InChI is InChI=1S/C5H13NS.3FH/c1-2-3-4-5-6-7;;;/h6-7H,2-5H2,1H3;3*1H. The molecule has 0 aromatic carbocycles. The summed E-state index contributed by atoms with van der Waals surface area (Å²) in [5.74, 6) is 0. The number of hydrogen-bond acceptors (Lipinski definition) is 2. The molecule has 0 aliphatic rings. The van der Waals surface area contributed by atoms with Crippen LogP contribution in [0, 0.1) is 0 Å². The lowest BCUT2D eigenvalue weighted by atomic mass is 10.3. The number of unbranched alkanes of at least 4 members (excludes halogenated alkanes) is 2. The molecular formula is C5H16F3NS. The lowest BCUT2D eigenvalue weighted by Crippen LogP contribution is -1.99. The van der Waals surface area contributed by atoms with Crippen LogP contribution in [0.2, 0.25) is 0 Å². The van der Waals surface area contributed by atoms with E-state index in [0.717, 1.165) is 6.54 Å². The molecule has 0 radical (unpaired) electrons. The van der Waals surface area contributed by atoms with Crippen LogP contribution in [-0.2, 0) is 0 Å². The van der Waals surface area contributed by atoms with E-state index in [0.29, 0.717) is 0 Å². The summed E-state index contributed by atoms with van der Waals surface area (Å²) in [6.07, 6.45) is 3.85. The highest BCUT2D eigenvalue weighted by Crippen LogP contribution is 1.90. The fourth-order valence-corrected chi connectivity index (χ4v) is 0.612. The van der Waals surface area contributed by atoms with Gasteiger partial charge in [-0.15, -0.1) is 0 Å². The van der Waals surface area contributed by atoms with E-state index in [1.54, 1.807) is 0 Å². The van der Waals surface area contributed by atoms with Crippen molar-refractivity contribution in [2.45, 2.75) is 26.2 Å². The fourth-order valence-electron chi connectivity index (χ4n) is 0.454. The third-order valence-corrected chi connectivity index (χ3v) is 1.12. The van der Waals surface area contributed by atoms with E-state index >= 15 is 0 Å². The van der Waals surface area contributed by atoms with Crippen LogP contribution in [-0.4, -0.2) is 6.54 Å². The Hall–Kier alpha value is 0.100. The van der Waals surface area contributed by atoms with Gasteiger partial charge < -0.3 is 0 Å². The summed E-state index contributed by atoms with van der Waals surface area (Å²) in [7, 11) is 0. The molecule has 10 heavy (non-hydrogen) atoms. The van der Waals surface area contributed by atoms with Crippen LogP contribution in [0.25, 0.3) is 0 Å². The normalized spacial score (nSPS) is 6.60. The molecule has 0 aliphatic carbocycles. The van der Waals surface area contributed by atoms with Gasteiger partial charge in [-0.1, -0.05) is 32.6 Å². The maximum absolute atomic E-state index is 3.84. The Balaban J connectivity index is -0.0000000600. The lowest BCUT2D eigenvalue weighted by molar-refractivity contribution is 0.710. The third-order valence-electron chi connectivity index (χ3n) is 0.892. The fraction of sp³-hybridized carbons (Fsp3) is 1.00. The number of halogens is 3. The van der Waals surface area contributed by atoms with Crippen LogP contribution in [0.15, 0.2) is 0 Å². The van der Waals surface area contributed by atoms with Crippen molar-refractivity contribution in [3.63, 3.8) is 0 Å². The molecule has 0 spiro atoms. The second kappa shape index (κ2) is 23.0. The molecule has 0 aromatic rings. The highest BCUT2D eigenvalue weighted by molar-refractivity contribution is 7.78. The predicted octanol–water partition coefficient (Wildman–Crippen LogP) is 2.07. The maximum atomic E-state index is 3.84. The Morgan fingerprint density at radius 2 is 1.60 bits per heavy atom. The Labute approximate surface area is 65.2 Å². The van der Waals surface area contributed by atoms with Gasteiger partial charge in [-0.25, -0.2) is 0 Å². The topological polar surface area (TPSA) is 12.0 Å². The molecule has 1 N–H and O–H groups in total. The van der Waals surface area contributed by atoms with Crippen molar-refractivity contribution in [1.82, 2.24) is 4.72 Å². The van der Waals surface area contributed by atoms with Crippen molar-refractivity contribution in [1.29, 1.82) is 0 Å². The molecule has 0 rings (SSSR count). The summed E-state index contributed by atoms with van der Waals surface area (Å²) >= 11 is 3.84. The van der Waals surface area contributed by atoms with Crippen molar-refractivity contribution in [3.05, 3.63) is 0 Å². The van der Waals surface area contributed by atoms with Crippen molar-refractivity contribution in [2.24, 2.45) is 0 Å². The molecule has 0 aliphatic heterocycles. The first kappa shape index (κ1) is 22.5. The van der Waals surface area contributed by atoms with Gasteiger partial charge in [-0.05, 0) is 6.42 Å². The first-order chi connectivity index (χ1) is 3.41. The van der Waals surface area contributed by atoms with Gasteiger partial charge in [-0.2, -0.15) is 0 Å². The first-order valence-electron chi connectivity index (χ1n) is 2.78. The predicted molar refractivity (Wildman–Crippen MR) is 44.0 cm³/mol. The van der Waals surface area contributed by atoms with Crippen molar-refractivity contribution in [3.8, 4) is 0 Å². The van der Waals surface area contributed by atoms with E-state index in [4.69, 9.17) is 0 Å². The third kappa shape index (κ3) is 24.3. The number of thiol groups is 1. The minimum absolute atomic E-state index is 0. The quantitative estimate of drug-likeness (QED) is 0.497. The van der Waals surface area contributed by atoms with E-state index in [1.807, 2.05) is 0 Å². The van der Waals surface area contributed by atoms with Gasteiger partial charge in [-0.3, -0.25) is 18.8 Å². The van der Waals surface area contributed by atoms with Crippen LogP contribution in [0.4, 0.5) is 14.1 Å². The zero-order valence-corrected chi connectivity index (χ0v) is 6.89. The Kier molecular flexibility index (Phi) is 51.6. The Bertz CT molecular complexity index is 36.1. The highest BCUT2D eigenvalue weighted by Gasteiger charge is 1.79. The second-order valence-electron chi connectivity index (χ2n) is 1.62. The molecule has 0 fully saturated rings. The molecule has 0 aromatic heterocycles. The van der Waals surface area contributed by atoms with E-state index in [-0.39, 0.29) is 14.1 Å². The maximum Gasteiger partial charge on any atom is 0.00561 e. The van der Waals surface area contributed by atoms with Crippen LogP contribution < -0.4 is 4.72 Å². The lowest BCUT2D eigenvalue weighted by Gasteiger charge is -1.92. The summed E-state index contributed by atoms with van der Waals surface area (Å²) in [5, 5.41) is 0. The Morgan fingerprint density at radius 3 is 1.90 bits per heavy atom. The largest absolute Gasteiger partial charge is 0.269 e. The van der Waals surface area contributed by atoms with E-state index in [1.165, 1.54) is 19.3 Å². The van der Waals surface area contributed by atoms with Crippen molar-refractivity contribution in [2.75, 3.05) is 6.54 Å². The molecule has 0 atom stereocenters. The minimum Gasteiger partial charge on any atom is -0.269 e. The monoisotopic (exact) mass is 179 g/mol. The summed E-state index contributed by atoms with van der Waals surface area (Å²) in [4.78, 5) is 0.